The molecule has 10 heteroatoms. The van der Waals surface area contributed by atoms with E-state index in [4.69, 9.17) is 11.6 Å². The third-order valence-electron chi connectivity index (χ3n) is 4.43. The molecule has 1 saturated heterocycles. The Bertz CT molecular complexity index is 770. The standard InChI is InChI=1S/C17H23ClN2O5S2/c1-26-10-8-15(17(22)23)19-16(21)12-3-2-9-20(11-12)27(24,25)14-6-4-13(18)5-7-14/h4-7,12,15H,2-3,8-11H2,1H3,(H,19,21)(H,22,23)/t12?,15-/m1/s1. The average molecular weight is 435 g/mol. The maximum Gasteiger partial charge on any atom is 0.326 e. The number of rotatable bonds is 8. The minimum absolute atomic E-state index is 0.0334. The van der Waals surface area contributed by atoms with Crippen molar-refractivity contribution in [2.75, 3.05) is 25.1 Å². The molecule has 0 radical (unpaired) electrons. The first-order valence-corrected chi connectivity index (χ1v) is 11.7. The number of aliphatic carboxylic acids is 1. The molecule has 0 aromatic heterocycles. The van der Waals surface area contributed by atoms with Gasteiger partial charge < -0.3 is 10.4 Å². The first-order valence-electron chi connectivity index (χ1n) is 8.53. The number of carboxylic acids is 1. The van der Waals surface area contributed by atoms with Crippen LogP contribution >= 0.6 is 23.4 Å². The summed E-state index contributed by atoms with van der Waals surface area (Å²) in [5.74, 6) is -1.46. The maximum absolute atomic E-state index is 12.8. The van der Waals surface area contributed by atoms with E-state index in [2.05, 4.69) is 5.32 Å². The summed E-state index contributed by atoms with van der Waals surface area (Å²) in [5, 5.41) is 12.2. The third kappa shape index (κ3) is 5.84. The zero-order valence-corrected chi connectivity index (χ0v) is 17.3. The average Bonchev–Trinajstić information content (AvgIpc) is 2.65. The zero-order chi connectivity index (χ0) is 20.0. The molecule has 1 heterocycles. The number of thioether (sulfide) groups is 1. The number of carbonyl (C=O) groups excluding carboxylic acids is 1. The van der Waals surface area contributed by atoms with Gasteiger partial charge in [0.15, 0.2) is 0 Å². The molecule has 1 aromatic carbocycles. The van der Waals surface area contributed by atoms with E-state index in [0.717, 1.165) is 0 Å². The van der Waals surface area contributed by atoms with Crippen LogP contribution < -0.4 is 5.32 Å². The second-order valence-corrected chi connectivity index (χ2v) is 9.70. The Kier molecular flexibility index (Phi) is 7.96. The predicted octanol–water partition coefficient (Wildman–Crippen LogP) is 2.06. The molecule has 2 atom stereocenters. The molecule has 1 aromatic rings. The van der Waals surface area contributed by atoms with Crippen molar-refractivity contribution >= 4 is 45.3 Å². The number of benzene rings is 1. The summed E-state index contributed by atoms with van der Waals surface area (Å²) in [6.45, 7) is 0.356. The van der Waals surface area contributed by atoms with E-state index < -0.39 is 33.9 Å². The summed E-state index contributed by atoms with van der Waals surface area (Å²) >= 11 is 7.31. The first kappa shape index (κ1) is 22.0. The van der Waals surface area contributed by atoms with Gasteiger partial charge >= 0.3 is 5.97 Å². The molecule has 0 spiro atoms. The van der Waals surface area contributed by atoms with Crippen LogP contribution in [0.2, 0.25) is 5.02 Å². The summed E-state index contributed by atoms with van der Waals surface area (Å²) in [6, 6.07) is 4.92. The highest BCUT2D eigenvalue weighted by molar-refractivity contribution is 7.98. The number of amides is 1. The van der Waals surface area contributed by atoms with Crippen LogP contribution in [0.3, 0.4) is 0 Å². The highest BCUT2D eigenvalue weighted by Gasteiger charge is 2.34. The Morgan fingerprint density at radius 3 is 2.63 bits per heavy atom. The van der Waals surface area contributed by atoms with Crippen LogP contribution in [0, 0.1) is 5.92 Å². The molecule has 150 valence electrons. The molecule has 27 heavy (non-hydrogen) atoms. The van der Waals surface area contributed by atoms with Gasteiger partial charge in [0.1, 0.15) is 6.04 Å². The molecule has 2 rings (SSSR count). The van der Waals surface area contributed by atoms with Crippen molar-refractivity contribution in [2.24, 2.45) is 5.92 Å². The predicted molar refractivity (Wildman–Crippen MR) is 106 cm³/mol. The molecular weight excluding hydrogens is 412 g/mol. The molecule has 2 N–H and O–H groups in total. The quantitative estimate of drug-likeness (QED) is 0.649. The van der Waals surface area contributed by atoms with Crippen molar-refractivity contribution in [2.45, 2.75) is 30.2 Å². The van der Waals surface area contributed by atoms with Crippen LogP contribution in [0.1, 0.15) is 19.3 Å². The van der Waals surface area contributed by atoms with E-state index >= 15 is 0 Å². The Labute approximate surface area is 168 Å². The lowest BCUT2D eigenvalue weighted by molar-refractivity contribution is -0.142. The SMILES string of the molecule is CSCC[C@@H](NC(=O)C1CCCN(S(=O)(=O)c2ccc(Cl)cc2)C1)C(=O)O. The van der Waals surface area contributed by atoms with Crippen LogP contribution in [0.4, 0.5) is 0 Å². The van der Waals surface area contributed by atoms with Gasteiger partial charge in [-0.2, -0.15) is 16.1 Å². The van der Waals surface area contributed by atoms with Crippen molar-refractivity contribution < 1.29 is 23.1 Å². The van der Waals surface area contributed by atoms with Crippen LogP contribution in [0.15, 0.2) is 29.2 Å². The molecule has 1 fully saturated rings. The number of sulfonamides is 1. The fraction of sp³-hybridized carbons (Fsp3) is 0.529. The molecule has 1 unspecified atom stereocenters. The lowest BCUT2D eigenvalue weighted by Crippen LogP contribution is -2.49. The number of nitrogens with one attached hydrogen (secondary N) is 1. The second-order valence-electron chi connectivity index (χ2n) is 6.34. The number of carbonyl (C=O) groups is 2. The number of nitrogens with zero attached hydrogens (tertiary/aromatic N) is 1. The fourth-order valence-electron chi connectivity index (χ4n) is 2.91. The van der Waals surface area contributed by atoms with Crippen LogP contribution in [0.25, 0.3) is 0 Å². The molecule has 7 nitrogen and oxygen atoms in total. The van der Waals surface area contributed by atoms with E-state index in [1.165, 1.54) is 40.3 Å². The lowest BCUT2D eigenvalue weighted by atomic mass is 9.98. The van der Waals surface area contributed by atoms with Gasteiger partial charge in [0, 0.05) is 18.1 Å². The van der Waals surface area contributed by atoms with Crippen molar-refractivity contribution in [3.8, 4) is 0 Å². The maximum atomic E-state index is 12.8. The molecule has 1 aliphatic heterocycles. The minimum atomic E-state index is -3.73. The number of hydrogen-bond acceptors (Lipinski definition) is 5. The van der Waals surface area contributed by atoms with Crippen molar-refractivity contribution in [3.05, 3.63) is 29.3 Å². The van der Waals surface area contributed by atoms with Crippen LogP contribution in [-0.2, 0) is 19.6 Å². The molecule has 1 amide bonds. The Balaban J connectivity index is 2.07. The third-order valence-corrected chi connectivity index (χ3v) is 7.21. The molecule has 0 saturated carbocycles. The van der Waals surface area contributed by atoms with Crippen molar-refractivity contribution in [1.29, 1.82) is 0 Å². The summed E-state index contributed by atoms with van der Waals surface area (Å²) in [5.41, 5.74) is 0. The zero-order valence-electron chi connectivity index (χ0n) is 14.9. The highest BCUT2D eigenvalue weighted by atomic mass is 35.5. The van der Waals surface area contributed by atoms with E-state index in [-0.39, 0.29) is 11.4 Å². The smallest absolute Gasteiger partial charge is 0.326 e. The molecule has 0 aliphatic carbocycles. The monoisotopic (exact) mass is 434 g/mol. The molecule has 1 aliphatic rings. The summed E-state index contributed by atoms with van der Waals surface area (Å²) < 4.78 is 26.9. The number of hydrogen-bond donors (Lipinski definition) is 2. The van der Waals surface area contributed by atoms with Crippen molar-refractivity contribution in [1.82, 2.24) is 9.62 Å². The van der Waals surface area contributed by atoms with Crippen LogP contribution in [0.5, 0.6) is 0 Å². The first-order chi connectivity index (χ1) is 12.8. The molecular formula is C17H23ClN2O5S2. The van der Waals surface area contributed by atoms with Gasteiger partial charge in [-0.05, 0) is 55.5 Å². The number of halogens is 1. The van der Waals surface area contributed by atoms with Gasteiger partial charge in [-0.3, -0.25) is 4.79 Å². The van der Waals surface area contributed by atoms with Crippen molar-refractivity contribution in [3.63, 3.8) is 0 Å². The second kappa shape index (κ2) is 9.77. The minimum Gasteiger partial charge on any atom is -0.480 e. The van der Waals surface area contributed by atoms with Crippen LogP contribution in [-0.4, -0.2) is 60.8 Å². The van der Waals surface area contributed by atoms with Gasteiger partial charge in [0.25, 0.3) is 0 Å². The van der Waals surface area contributed by atoms with E-state index in [9.17, 15) is 23.1 Å². The largest absolute Gasteiger partial charge is 0.480 e. The fourth-order valence-corrected chi connectivity index (χ4v) is 5.03. The van der Waals surface area contributed by atoms with Gasteiger partial charge in [0.2, 0.25) is 15.9 Å². The van der Waals surface area contributed by atoms with Gasteiger partial charge in [-0.15, -0.1) is 0 Å². The normalized spacial score (nSPS) is 19.4. The van der Waals surface area contributed by atoms with E-state index in [0.29, 0.717) is 36.6 Å². The highest BCUT2D eigenvalue weighted by Crippen LogP contribution is 2.25. The van der Waals surface area contributed by atoms with E-state index in [1.54, 1.807) is 0 Å². The topological polar surface area (TPSA) is 104 Å². The summed E-state index contributed by atoms with van der Waals surface area (Å²) in [4.78, 5) is 23.9. The number of carboxylic acid groups (broad SMARTS) is 1. The van der Waals surface area contributed by atoms with Gasteiger partial charge in [-0.1, -0.05) is 11.6 Å². The van der Waals surface area contributed by atoms with E-state index in [1.807, 2.05) is 6.26 Å². The summed E-state index contributed by atoms with van der Waals surface area (Å²) in [7, 11) is -3.73. The Morgan fingerprint density at radius 1 is 1.37 bits per heavy atom. The Hall–Kier alpha value is -1.29. The Morgan fingerprint density at radius 2 is 2.04 bits per heavy atom. The number of piperidine rings is 1. The molecule has 0 bridgehead atoms. The van der Waals surface area contributed by atoms with Gasteiger partial charge in [-0.25, -0.2) is 13.2 Å². The van der Waals surface area contributed by atoms with Gasteiger partial charge in [0.05, 0.1) is 10.8 Å². The lowest BCUT2D eigenvalue weighted by Gasteiger charge is -2.31. The summed E-state index contributed by atoms with van der Waals surface area (Å²) in [6.07, 6.45) is 3.24.